The molecule has 2 aromatic rings. The molecule has 0 aliphatic heterocycles. The molecule has 0 fully saturated rings. The highest BCUT2D eigenvalue weighted by Crippen LogP contribution is 2.09. The third-order valence-corrected chi connectivity index (χ3v) is 3.45. The molecule has 6 heteroatoms. The van der Waals surface area contributed by atoms with E-state index in [2.05, 4.69) is 44.9 Å². The second kappa shape index (κ2) is 9.15. The number of ether oxygens (including phenoxy) is 1. The topological polar surface area (TPSA) is 63.0 Å². The molecular weight excluding hydrogens is 290 g/mol. The molecule has 0 atom stereocenters. The quantitative estimate of drug-likeness (QED) is 0.445. The summed E-state index contributed by atoms with van der Waals surface area (Å²) < 4.78 is 7.43. The largest absolute Gasteiger partial charge is 0.382 e. The van der Waals surface area contributed by atoms with E-state index in [1.807, 2.05) is 25.3 Å². The number of nitrogens with one attached hydrogen (secondary N) is 2. The van der Waals surface area contributed by atoms with E-state index in [-0.39, 0.29) is 0 Å². The number of aromatic nitrogens is 2. The normalized spacial score (nSPS) is 11.9. The van der Waals surface area contributed by atoms with E-state index < -0.39 is 0 Å². The molecule has 0 amide bonds. The number of imidazole rings is 1. The van der Waals surface area contributed by atoms with Gasteiger partial charge in [0.1, 0.15) is 5.65 Å². The van der Waals surface area contributed by atoms with Gasteiger partial charge in [-0.3, -0.25) is 0 Å². The summed E-state index contributed by atoms with van der Waals surface area (Å²) in [7, 11) is 0. The summed E-state index contributed by atoms with van der Waals surface area (Å²) in [4.78, 5) is 9.21. The highest BCUT2D eigenvalue weighted by molar-refractivity contribution is 5.79. The van der Waals surface area contributed by atoms with Gasteiger partial charge in [-0.1, -0.05) is 6.07 Å². The first-order chi connectivity index (χ1) is 11.2. The van der Waals surface area contributed by atoms with Gasteiger partial charge in [-0.25, -0.2) is 9.98 Å². The van der Waals surface area contributed by atoms with Gasteiger partial charge >= 0.3 is 0 Å². The highest BCUT2D eigenvalue weighted by Gasteiger charge is 2.03. The monoisotopic (exact) mass is 317 g/mol. The van der Waals surface area contributed by atoms with Gasteiger partial charge < -0.3 is 19.8 Å². The molecule has 0 bridgehead atoms. The van der Waals surface area contributed by atoms with Crippen molar-refractivity contribution in [2.45, 2.75) is 33.7 Å². The lowest BCUT2D eigenvalue weighted by molar-refractivity contribution is 0.145. The van der Waals surface area contributed by atoms with Crippen molar-refractivity contribution in [2.24, 2.45) is 4.99 Å². The third kappa shape index (κ3) is 5.25. The molecule has 0 aliphatic carbocycles. The minimum Gasteiger partial charge on any atom is -0.382 e. The first-order valence-corrected chi connectivity index (χ1v) is 8.28. The Hall–Kier alpha value is -2.08. The Kier molecular flexibility index (Phi) is 6.87. The van der Waals surface area contributed by atoms with Crippen molar-refractivity contribution in [3.05, 3.63) is 35.8 Å². The lowest BCUT2D eigenvalue weighted by Gasteiger charge is -2.10. The zero-order valence-corrected chi connectivity index (χ0v) is 14.3. The smallest absolute Gasteiger partial charge is 0.191 e. The first kappa shape index (κ1) is 17.3. The average molecular weight is 317 g/mol. The van der Waals surface area contributed by atoms with Gasteiger partial charge in [0.05, 0.1) is 12.2 Å². The third-order valence-electron chi connectivity index (χ3n) is 3.45. The summed E-state index contributed by atoms with van der Waals surface area (Å²) in [6.45, 7) is 9.92. The Labute approximate surface area is 138 Å². The maximum Gasteiger partial charge on any atom is 0.191 e. The molecule has 2 heterocycles. The van der Waals surface area contributed by atoms with Crippen molar-refractivity contribution in [1.29, 1.82) is 0 Å². The van der Waals surface area contributed by atoms with E-state index in [1.54, 1.807) is 0 Å². The Morgan fingerprint density at radius 2 is 2.17 bits per heavy atom. The number of hydrogen-bond acceptors (Lipinski definition) is 3. The molecule has 126 valence electrons. The minimum atomic E-state index is 0.557. The van der Waals surface area contributed by atoms with Crippen LogP contribution in [-0.4, -0.2) is 41.6 Å². The Morgan fingerprint density at radius 3 is 2.91 bits per heavy atom. The molecule has 0 unspecified atom stereocenters. The molecule has 0 aromatic carbocycles. The van der Waals surface area contributed by atoms with Crippen LogP contribution in [0.25, 0.3) is 5.65 Å². The molecule has 2 aromatic heterocycles. The lowest BCUT2D eigenvalue weighted by Crippen LogP contribution is -2.38. The zero-order valence-electron chi connectivity index (χ0n) is 14.3. The number of aryl methyl sites for hydroxylation is 1. The predicted octanol–water partition coefficient (Wildman–Crippen LogP) is 2.12. The van der Waals surface area contributed by atoms with E-state index in [1.165, 1.54) is 5.69 Å². The summed E-state index contributed by atoms with van der Waals surface area (Å²) in [5, 5.41) is 6.57. The molecular formula is C17H27N5O. The number of hydrogen-bond donors (Lipinski definition) is 2. The SMILES string of the molecule is CCNC(=NCc1cn2c(C)cccc2n1)NCCCOCC. The highest BCUT2D eigenvalue weighted by atomic mass is 16.5. The van der Waals surface area contributed by atoms with Crippen molar-refractivity contribution >= 4 is 11.6 Å². The van der Waals surface area contributed by atoms with Gasteiger partial charge in [-0.15, -0.1) is 0 Å². The van der Waals surface area contributed by atoms with Crippen molar-refractivity contribution in [3.8, 4) is 0 Å². The summed E-state index contributed by atoms with van der Waals surface area (Å²) >= 11 is 0. The minimum absolute atomic E-state index is 0.557. The lowest BCUT2D eigenvalue weighted by atomic mass is 10.4. The first-order valence-electron chi connectivity index (χ1n) is 8.28. The van der Waals surface area contributed by atoms with Gasteiger partial charge in [0.15, 0.2) is 5.96 Å². The molecule has 2 N–H and O–H groups in total. The number of nitrogens with zero attached hydrogens (tertiary/aromatic N) is 3. The summed E-state index contributed by atoms with van der Waals surface area (Å²) in [5.41, 5.74) is 3.10. The van der Waals surface area contributed by atoms with Gasteiger partial charge in [0, 0.05) is 38.2 Å². The van der Waals surface area contributed by atoms with Gasteiger partial charge in [0.25, 0.3) is 0 Å². The summed E-state index contributed by atoms with van der Waals surface area (Å²) in [6, 6.07) is 6.11. The molecule has 0 aliphatic rings. The standard InChI is InChI=1S/C17H27N5O/c1-4-18-17(19-10-7-11-23-5-2)20-12-15-13-22-14(3)8-6-9-16(22)21-15/h6,8-9,13H,4-5,7,10-12H2,1-3H3,(H2,18,19,20). The maximum absolute atomic E-state index is 5.34. The summed E-state index contributed by atoms with van der Waals surface area (Å²) in [6.07, 6.45) is 3.01. The molecule has 0 saturated heterocycles. The zero-order chi connectivity index (χ0) is 16.5. The van der Waals surface area contributed by atoms with Gasteiger partial charge in [0.2, 0.25) is 0 Å². The van der Waals surface area contributed by atoms with Crippen LogP contribution in [0.5, 0.6) is 0 Å². The van der Waals surface area contributed by atoms with Crippen molar-refractivity contribution in [1.82, 2.24) is 20.0 Å². The van der Waals surface area contributed by atoms with Gasteiger partial charge in [-0.2, -0.15) is 0 Å². The van der Waals surface area contributed by atoms with Crippen LogP contribution in [0.2, 0.25) is 0 Å². The van der Waals surface area contributed by atoms with Crippen LogP contribution in [0.4, 0.5) is 0 Å². The molecule has 0 radical (unpaired) electrons. The van der Waals surface area contributed by atoms with Crippen LogP contribution in [0.1, 0.15) is 31.7 Å². The van der Waals surface area contributed by atoms with Crippen molar-refractivity contribution in [2.75, 3.05) is 26.3 Å². The van der Waals surface area contributed by atoms with E-state index in [0.717, 1.165) is 50.0 Å². The Bertz CT molecular complexity index is 635. The molecule has 0 saturated carbocycles. The number of rotatable bonds is 8. The number of pyridine rings is 1. The fourth-order valence-electron chi connectivity index (χ4n) is 2.30. The van der Waals surface area contributed by atoms with Gasteiger partial charge in [-0.05, 0) is 39.3 Å². The fourth-order valence-corrected chi connectivity index (χ4v) is 2.30. The maximum atomic E-state index is 5.34. The van der Waals surface area contributed by atoms with Crippen molar-refractivity contribution in [3.63, 3.8) is 0 Å². The van der Waals surface area contributed by atoms with E-state index in [4.69, 9.17) is 4.74 Å². The van der Waals surface area contributed by atoms with Crippen LogP contribution in [0, 0.1) is 6.92 Å². The molecule has 23 heavy (non-hydrogen) atoms. The van der Waals surface area contributed by atoms with E-state index >= 15 is 0 Å². The van der Waals surface area contributed by atoms with Crippen LogP contribution in [-0.2, 0) is 11.3 Å². The van der Waals surface area contributed by atoms with Crippen LogP contribution < -0.4 is 10.6 Å². The van der Waals surface area contributed by atoms with Crippen LogP contribution in [0.3, 0.4) is 0 Å². The van der Waals surface area contributed by atoms with Crippen LogP contribution >= 0.6 is 0 Å². The molecule has 2 rings (SSSR count). The molecule has 6 nitrogen and oxygen atoms in total. The second-order valence-corrected chi connectivity index (χ2v) is 5.30. The Balaban J connectivity index is 1.94. The number of fused-ring (bicyclic) bond motifs is 1. The number of guanidine groups is 1. The van der Waals surface area contributed by atoms with Crippen molar-refractivity contribution < 1.29 is 4.74 Å². The average Bonchev–Trinajstić information content (AvgIpc) is 2.97. The summed E-state index contributed by atoms with van der Waals surface area (Å²) in [5.74, 6) is 0.817. The second-order valence-electron chi connectivity index (χ2n) is 5.30. The fraction of sp³-hybridized carbons (Fsp3) is 0.529. The predicted molar refractivity (Wildman–Crippen MR) is 93.9 cm³/mol. The Morgan fingerprint density at radius 1 is 1.30 bits per heavy atom. The van der Waals surface area contributed by atoms with E-state index in [0.29, 0.717) is 6.54 Å². The number of aliphatic imine (C=N–C) groups is 1. The molecule has 0 spiro atoms. The van der Waals surface area contributed by atoms with E-state index in [9.17, 15) is 0 Å². The van der Waals surface area contributed by atoms with Crippen LogP contribution in [0.15, 0.2) is 29.4 Å².